The van der Waals surface area contributed by atoms with Crippen molar-refractivity contribution < 1.29 is 13.2 Å². The first-order valence-electron chi connectivity index (χ1n) is 7.50. The molecule has 5 heteroatoms. The lowest BCUT2D eigenvalue weighted by Gasteiger charge is -2.19. The van der Waals surface area contributed by atoms with E-state index in [0.29, 0.717) is 11.3 Å². The molecule has 0 unspecified atom stereocenters. The number of ether oxygens (including phenoxy) is 1. The maximum Gasteiger partial charge on any atom is 0.241 e. The van der Waals surface area contributed by atoms with Gasteiger partial charge in [-0.25, -0.2) is 13.1 Å². The summed E-state index contributed by atoms with van der Waals surface area (Å²) < 4.78 is 33.5. The van der Waals surface area contributed by atoms with Gasteiger partial charge >= 0.3 is 0 Å². The molecule has 0 bridgehead atoms. The molecule has 0 radical (unpaired) electrons. The van der Waals surface area contributed by atoms with Crippen molar-refractivity contribution in [3.8, 4) is 5.75 Å². The van der Waals surface area contributed by atoms with E-state index in [4.69, 9.17) is 4.74 Å². The molecule has 0 spiro atoms. The second-order valence-electron chi connectivity index (χ2n) is 5.72. The number of hydrogen-bond donors (Lipinski definition) is 1. The van der Waals surface area contributed by atoms with Gasteiger partial charge in [-0.3, -0.25) is 0 Å². The second-order valence-corrected chi connectivity index (χ2v) is 7.40. The second kappa shape index (κ2) is 6.72. The highest BCUT2D eigenvalue weighted by atomic mass is 32.2. The van der Waals surface area contributed by atoms with Crippen LogP contribution in [-0.2, 0) is 10.0 Å². The van der Waals surface area contributed by atoms with Gasteiger partial charge in [-0.05, 0) is 62.1 Å². The first-order valence-corrected chi connectivity index (χ1v) is 8.98. The van der Waals surface area contributed by atoms with Crippen LogP contribution in [-0.4, -0.2) is 15.5 Å². The van der Waals surface area contributed by atoms with Gasteiger partial charge in [0.15, 0.2) is 0 Å². The van der Waals surface area contributed by atoms with Crippen LogP contribution in [0.15, 0.2) is 41.3 Å². The predicted octanol–water partition coefficient (Wildman–Crippen LogP) is 3.66. The van der Waals surface area contributed by atoms with Crippen molar-refractivity contribution in [3.63, 3.8) is 0 Å². The van der Waals surface area contributed by atoms with E-state index in [1.54, 1.807) is 26.2 Å². The van der Waals surface area contributed by atoms with Gasteiger partial charge in [0.1, 0.15) is 5.75 Å². The van der Waals surface area contributed by atoms with E-state index in [1.165, 1.54) is 0 Å². The molecule has 4 nitrogen and oxygen atoms in total. The molecule has 0 aromatic heterocycles. The highest BCUT2D eigenvalue weighted by Gasteiger charge is 2.22. The molecule has 0 amide bonds. The topological polar surface area (TPSA) is 55.4 Å². The minimum Gasteiger partial charge on any atom is -0.496 e. The minimum atomic E-state index is -3.61. The Morgan fingerprint density at radius 2 is 1.65 bits per heavy atom. The van der Waals surface area contributed by atoms with Crippen molar-refractivity contribution in [2.45, 2.75) is 38.6 Å². The van der Waals surface area contributed by atoms with Gasteiger partial charge in [0.2, 0.25) is 10.0 Å². The standard InChI is InChI=1S/C18H23NO3S/c1-12-8-6-7-9-16(12)15(4)19-23(20,21)18-11-10-17(22-5)13(2)14(18)3/h6-11,15,19H,1-5H3/t15-/m0/s1. The van der Waals surface area contributed by atoms with E-state index in [0.717, 1.165) is 16.7 Å². The fourth-order valence-electron chi connectivity index (χ4n) is 2.72. The van der Waals surface area contributed by atoms with Crippen molar-refractivity contribution in [3.05, 3.63) is 58.7 Å². The monoisotopic (exact) mass is 333 g/mol. The molecule has 2 aromatic carbocycles. The smallest absolute Gasteiger partial charge is 0.241 e. The summed E-state index contributed by atoms with van der Waals surface area (Å²) in [6, 6.07) is 10.7. The van der Waals surface area contributed by atoms with Gasteiger partial charge in [0, 0.05) is 6.04 Å². The molecule has 0 fully saturated rings. The summed E-state index contributed by atoms with van der Waals surface area (Å²) in [6.07, 6.45) is 0. The summed E-state index contributed by atoms with van der Waals surface area (Å²) >= 11 is 0. The number of aryl methyl sites for hydroxylation is 1. The molecule has 23 heavy (non-hydrogen) atoms. The average Bonchev–Trinajstić information content (AvgIpc) is 2.49. The minimum absolute atomic E-state index is 0.288. The number of nitrogens with one attached hydrogen (secondary N) is 1. The molecule has 2 aromatic rings. The van der Waals surface area contributed by atoms with Crippen molar-refractivity contribution in [1.29, 1.82) is 0 Å². The lowest BCUT2D eigenvalue weighted by molar-refractivity contribution is 0.410. The zero-order valence-electron chi connectivity index (χ0n) is 14.2. The molecule has 1 atom stereocenters. The highest BCUT2D eigenvalue weighted by molar-refractivity contribution is 7.89. The Bertz CT molecular complexity index is 813. The zero-order chi connectivity index (χ0) is 17.2. The van der Waals surface area contributed by atoms with E-state index < -0.39 is 10.0 Å². The van der Waals surface area contributed by atoms with Crippen LogP contribution in [0.2, 0.25) is 0 Å². The van der Waals surface area contributed by atoms with Gasteiger partial charge in [-0.2, -0.15) is 0 Å². The van der Waals surface area contributed by atoms with Crippen LogP contribution in [0.5, 0.6) is 5.75 Å². The molecule has 0 aliphatic heterocycles. The predicted molar refractivity (Wildman–Crippen MR) is 92.4 cm³/mol. The van der Waals surface area contributed by atoms with Crippen LogP contribution in [0, 0.1) is 20.8 Å². The number of sulfonamides is 1. The molecular weight excluding hydrogens is 310 g/mol. The van der Waals surface area contributed by atoms with Crippen LogP contribution < -0.4 is 9.46 Å². The van der Waals surface area contributed by atoms with Crippen LogP contribution in [0.25, 0.3) is 0 Å². The van der Waals surface area contributed by atoms with Crippen LogP contribution in [0.3, 0.4) is 0 Å². The third kappa shape index (κ3) is 3.57. The quantitative estimate of drug-likeness (QED) is 0.908. The van der Waals surface area contributed by atoms with E-state index in [-0.39, 0.29) is 10.9 Å². The molecule has 0 saturated carbocycles. The van der Waals surface area contributed by atoms with Gasteiger partial charge in [-0.1, -0.05) is 24.3 Å². The Morgan fingerprint density at radius 1 is 1.00 bits per heavy atom. The molecule has 0 heterocycles. The zero-order valence-corrected chi connectivity index (χ0v) is 15.0. The number of hydrogen-bond acceptors (Lipinski definition) is 3. The fraction of sp³-hybridized carbons (Fsp3) is 0.333. The Hall–Kier alpha value is -1.85. The van der Waals surface area contributed by atoms with Gasteiger partial charge in [0.05, 0.1) is 12.0 Å². The highest BCUT2D eigenvalue weighted by Crippen LogP contribution is 2.28. The lowest BCUT2D eigenvalue weighted by Crippen LogP contribution is -2.28. The van der Waals surface area contributed by atoms with E-state index in [1.807, 2.05) is 45.0 Å². The third-order valence-electron chi connectivity index (χ3n) is 4.18. The molecule has 0 aliphatic rings. The Labute approximate surface area is 138 Å². The molecule has 0 saturated heterocycles. The Kier molecular flexibility index (Phi) is 5.12. The molecule has 0 aliphatic carbocycles. The summed E-state index contributed by atoms with van der Waals surface area (Å²) in [4.78, 5) is 0.288. The van der Waals surface area contributed by atoms with Crippen molar-refractivity contribution in [2.24, 2.45) is 0 Å². The lowest BCUT2D eigenvalue weighted by atomic mass is 10.0. The number of rotatable bonds is 5. The maximum atomic E-state index is 12.7. The first-order chi connectivity index (χ1) is 10.8. The van der Waals surface area contributed by atoms with Crippen LogP contribution >= 0.6 is 0 Å². The van der Waals surface area contributed by atoms with Gasteiger partial charge in [0.25, 0.3) is 0 Å². The first kappa shape index (κ1) is 17.5. The summed E-state index contributed by atoms with van der Waals surface area (Å²) in [7, 11) is -2.03. The van der Waals surface area contributed by atoms with E-state index in [2.05, 4.69) is 4.72 Å². The summed E-state index contributed by atoms with van der Waals surface area (Å²) in [6.45, 7) is 7.48. The third-order valence-corrected chi connectivity index (χ3v) is 5.87. The summed E-state index contributed by atoms with van der Waals surface area (Å²) in [5.74, 6) is 0.688. The number of methoxy groups -OCH3 is 1. The van der Waals surface area contributed by atoms with E-state index >= 15 is 0 Å². The van der Waals surface area contributed by atoms with Crippen molar-refractivity contribution in [2.75, 3.05) is 7.11 Å². The normalized spacial score (nSPS) is 12.9. The van der Waals surface area contributed by atoms with Crippen LogP contribution in [0.4, 0.5) is 0 Å². The largest absolute Gasteiger partial charge is 0.496 e. The Morgan fingerprint density at radius 3 is 2.26 bits per heavy atom. The van der Waals surface area contributed by atoms with E-state index in [9.17, 15) is 8.42 Å². The fourth-order valence-corrected chi connectivity index (χ4v) is 4.24. The Balaban J connectivity index is 2.37. The molecule has 2 rings (SSSR count). The molecular formula is C18H23NO3S. The molecule has 124 valence electrons. The van der Waals surface area contributed by atoms with Gasteiger partial charge in [-0.15, -0.1) is 0 Å². The molecule has 1 N–H and O–H groups in total. The van der Waals surface area contributed by atoms with Gasteiger partial charge < -0.3 is 4.74 Å². The maximum absolute atomic E-state index is 12.7. The van der Waals surface area contributed by atoms with Crippen LogP contribution in [0.1, 0.15) is 35.2 Å². The summed E-state index contributed by atoms with van der Waals surface area (Å²) in [5, 5.41) is 0. The van der Waals surface area contributed by atoms with Crippen molar-refractivity contribution in [1.82, 2.24) is 4.72 Å². The van der Waals surface area contributed by atoms with Crippen molar-refractivity contribution >= 4 is 10.0 Å². The summed E-state index contributed by atoms with van der Waals surface area (Å²) in [5.41, 5.74) is 3.57. The number of benzene rings is 2. The average molecular weight is 333 g/mol. The SMILES string of the molecule is COc1ccc(S(=O)(=O)N[C@@H](C)c2ccccc2C)c(C)c1C.